The highest BCUT2D eigenvalue weighted by molar-refractivity contribution is 6.14. The van der Waals surface area contributed by atoms with Crippen molar-refractivity contribution < 1.29 is 14.3 Å². The zero-order valence-corrected chi connectivity index (χ0v) is 11.0. The molecule has 0 unspecified atom stereocenters. The van der Waals surface area contributed by atoms with Crippen molar-refractivity contribution in [2.24, 2.45) is 0 Å². The largest absolute Gasteiger partial charge is 0.497 e. The molecular weight excluding hydrogens is 254 g/mol. The van der Waals surface area contributed by atoms with Crippen molar-refractivity contribution in [1.82, 2.24) is 4.98 Å². The van der Waals surface area contributed by atoms with Crippen LogP contribution in [0.3, 0.4) is 0 Å². The average Bonchev–Trinajstić information content (AvgIpc) is 2.51. The van der Waals surface area contributed by atoms with Crippen LogP contribution in [-0.2, 0) is 0 Å². The molecule has 1 aliphatic rings. The predicted octanol–water partition coefficient (Wildman–Crippen LogP) is 2.75. The van der Waals surface area contributed by atoms with Gasteiger partial charge in [0.25, 0.3) is 0 Å². The molecule has 4 heteroatoms. The van der Waals surface area contributed by atoms with Crippen LogP contribution in [0.25, 0.3) is 6.08 Å². The summed E-state index contributed by atoms with van der Waals surface area (Å²) in [5.74, 6) is 1.23. The van der Waals surface area contributed by atoms with E-state index in [-0.39, 0.29) is 12.4 Å². The van der Waals surface area contributed by atoms with E-state index in [0.717, 1.165) is 5.56 Å². The Hall–Kier alpha value is -2.62. The summed E-state index contributed by atoms with van der Waals surface area (Å²) in [6.07, 6.45) is 5.22. The molecule has 20 heavy (non-hydrogen) atoms. The number of benzene rings is 1. The van der Waals surface area contributed by atoms with E-state index in [0.29, 0.717) is 22.6 Å². The summed E-state index contributed by atoms with van der Waals surface area (Å²) in [4.78, 5) is 16.4. The van der Waals surface area contributed by atoms with E-state index >= 15 is 0 Å². The van der Waals surface area contributed by atoms with Crippen LogP contribution >= 0.6 is 0 Å². The van der Waals surface area contributed by atoms with Crippen LogP contribution < -0.4 is 9.47 Å². The van der Waals surface area contributed by atoms with Crippen molar-refractivity contribution >= 4 is 11.9 Å². The van der Waals surface area contributed by atoms with Crippen LogP contribution in [0.2, 0.25) is 0 Å². The van der Waals surface area contributed by atoms with Crippen molar-refractivity contribution in [1.29, 1.82) is 0 Å². The Morgan fingerprint density at radius 3 is 3.00 bits per heavy atom. The minimum atomic E-state index is -0.0160. The number of fused-ring (bicyclic) bond motifs is 1. The van der Waals surface area contributed by atoms with Gasteiger partial charge in [0.05, 0.1) is 12.7 Å². The maximum absolute atomic E-state index is 12.4. The fourth-order valence-corrected chi connectivity index (χ4v) is 2.10. The molecule has 1 aliphatic heterocycles. The first-order chi connectivity index (χ1) is 9.78. The van der Waals surface area contributed by atoms with Crippen molar-refractivity contribution in [3.05, 3.63) is 59.4 Å². The molecule has 0 bridgehead atoms. The van der Waals surface area contributed by atoms with Gasteiger partial charge in [0.1, 0.15) is 18.1 Å². The second kappa shape index (κ2) is 5.17. The number of carbonyl (C=O) groups is 1. The molecule has 0 amide bonds. The van der Waals surface area contributed by atoms with E-state index in [4.69, 9.17) is 9.47 Å². The van der Waals surface area contributed by atoms with Gasteiger partial charge < -0.3 is 9.47 Å². The molecule has 0 N–H and O–H groups in total. The number of aromatic nitrogens is 1. The third kappa shape index (κ3) is 2.28. The van der Waals surface area contributed by atoms with Crippen molar-refractivity contribution in [2.45, 2.75) is 0 Å². The van der Waals surface area contributed by atoms with Crippen LogP contribution in [0.1, 0.15) is 15.9 Å². The zero-order chi connectivity index (χ0) is 13.9. The van der Waals surface area contributed by atoms with Gasteiger partial charge in [0, 0.05) is 24.0 Å². The van der Waals surface area contributed by atoms with Crippen LogP contribution in [0, 0.1) is 0 Å². The Bertz CT molecular complexity index is 677. The highest BCUT2D eigenvalue weighted by Gasteiger charge is 2.23. The standard InChI is InChI=1S/C16H13NO3/c1-19-13-4-5-14-15(8-13)20-10-12(16(14)18)7-11-3-2-6-17-9-11/h2-9H,10H2,1H3/b12-7+. The topological polar surface area (TPSA) is 48.4 Å². The van der Waals surface area contributed by atoms with Crippen LogP contribution in [0.4, 0.5) is 0 Å². The van der Waals surface area contributed by atoms with Gasteiger partial charge in [-0.3, -0.25) is 9.78 Å². The Labute approximate surface area is 116 Å². The van der Waals surface area contributed by atoms with Gasteiger partial charge in [0.2, 0.25) is 0 Å². The molecule has 100 valence electrons. The SMILES string of the molecule is COc1ccc2c(c1)OC/C(=C\c1cccnc1)C2=O. The summed E-state index contributed by atoms with van der Waals surface area (Å²) in [5, 5.41) is 0. The quantitative estimate of drug-likeness (QED) is 0.785. The monoisotopic (exact) mass is 267 g/mol. The van der Waals surface area contributed by atoms with Crippen molar-refractivity contribution in [3.8, 4) is 11.5 Å². The summed E-state index contributed by atoms with van der Waals surface area (Å²) in [6, 6.07) is 8.95. The third-order valence-electron chi connectivity index (χ3n) is 3.13. The number of ketones is 1. The molecule has 1 aromatic carbocycles. The molecule has 4 nitrogen and oxygen atoms in total. The molecule has 0 radical (unpaired) electrons. The average molecular weight is 267 g/mol. The maximum atomic E-state index is 12.4. The number of ether oxygens (including phenoxy) is 2. The summed E-state index contributed by atoms with van der Waals surface area (Å²) >= 11 is 0. The molecular formula is C16H13NO3. The Morgan fingerprint density at radius 2 is 2.25 bits per heavy atom. The molecule has 1 aromatic heterocycles. The van der Waals surface area contributed by atoms with E-state index in [1.54, 1.807) is 37.7 Å². The van der Waals surface area contributed by atoms with E-state index in [2.05, 4.69) is 4.98 Å². The lowest BCUT2D eigenvalue weighted by atomic mass is 9.98. The Balaban J connectivity index is 1.95. The lowest BCUT2D eigenvalue weighted by Gasteiger charge is -2.19. The second-order valence-corrected chi connectivity index (χ2v) is 4.44. The molecule has 0 aliphatic carbocycles. The maximum Gasteiger partial charge on any atom is 0.196 e. The summed E-state index contributed by atoms with van der Waals surface area (Å²) in [6.45, 7) is 0.258. The molecule has 0 saturated carbocycles. The van der Waals surface area contributed by atoms with Gasteiger partial charge in [-0.05, 0) is 29.8 Å². The van der Waals surface area contributed by atoms with E-state index in [1.807, 2.05) is 18.2 Å². The number of pyridine rings is 1. The van der Waals surface area contributed by atoms with Gasteiger partial charge in [0.15, 0.2) is 5.78 Å². The number of carbonyl (C=O) groups excluding carboxylic acids is 1. The fourth-order valence-electron chi connectivity index (χ4n) is 2.10. The fraction of sp³-hybridized carbons (Fsp3) is 0.125. The Morgan fingerprint density at radius 1 is 1.35 bits per heavy atom. The molecule has 3 rings (SSSR count). The summed E-state index contributed by atoms with van der Waals surface area (Å²) < 4.78 is 10.8. The number of hydrogen-bond donors (Lipinski definition) is 0. The van der Waals surface area contributed by atoms with Gasteiger partial charge in [-0.2, -0.15) is 0 Å². The minimum absolute atomic E-state index is 0.0160. The van der Waals surface area contributed by atoms with Crippen molar-refractivity contribution in [3.63, 3.8) is 0 Å². The lowest BCUT2D eigenvalue weighted by Crippen LogP contribution is -2.19. The molecule has 2 aromatic rings. The molecule has 2 heterocycles. The predicted molar refractivity (Wildman–Crippen MR) is 75.0 cm³/mol. The van der Waals surface area contributed by atoms with Crippen molar-refractivity contribution in [2.75, 3.05) is 13.7 Å². The zero-order valence-electron chi connectivity index (χ0n) is 11.0. The van der Waals surface area contributed by atoms with Crippen LogP contribution in [0.15, 0.2) is 48.3 Å². The van der Waals surface area contributed by atoms with Gasteiger partial charge in [-0.1, -0.05) is 6.07 Å². The number of nitrogens with zero attached hydrogens (tertiary/aromatic N) is 1. The molecule has 0 fully saturated rings. The second-order valence-electron chi connectivity index (χ2n) is 4.44. The van der Waals surface area contributed by atoms with E-state index in [9.17, 15) is 4.79 Å². The Kier molecular flexibility index (Phi) is 3.21. The first-order valence-electron chi connectivity index (χ1n) is 6.24. The van der Waals surface area contributed by atoms with Gasteiger partial charge >= 0.3 is 0 Å². The van der Waals surface area contributed by atoms with Gasteiger partial charge in [-0.25, -0.2) is 0 Å². The summed E-state index contributed by atoms with van der Waals surface area (Å²) in [7, 11) is 1.58. The number of rotatable bonds is 2. The first-order valence-corrected chi connectivity index (χ1v) is 6.24. The smallest absolute Gasteiger partial charge is 0.196 e. The number of hydrogen-bond acceptors (Lipinski definition) is 4. The highest BCUT2D eigenvalue weighted by Crippen LogP contribution is 2.31. The normalized spacial score (nSPS) is 15.7. The molecule has 0 atom stereocenters. The lowest BCUT2D eigenvalue weighted by molar-refractivity contribution is 0.100. The first kappa shape index (κ1) is 12.4. The van der Waals surface area contributed by atoms with Crippen LogP contribution in [0.5, 0.6) is 11.5 Å². The molecule has 0 spiro atoms. The highest BCUT2D eigenvalue weighted by atomic mass is 16.5. The third-order valence-corrected chi connectivity index (χ3v) is 3.13. The number of methoxy groups -OCH3 is 1. The molecule has 0 saturated heterocycles. The van der Waals surface area contributed by atoms with E-state index in [1.165, 1.54) is 0 Å². The van der Waals surface area contributed by atoms with Gasteiger partial charge in [-0.15, -0.1) is 0 Å². The minimum Gasteiger partial charge on any atom is -0.497 e. The van der Waals surface area contributed by atoms with E-state index < -0.39 is 0 Å². The van der Waals surface area contributed by atoms with Crippen LogP contribution in [-0.4, -0.2) is 24.5 Å². The number of Topliss-reactive ketones (excluding diaryl/α,β-unsaturated/α-hetero) is 1. The summed E-state index contributed by atoms with van der Waals surface area (Å²) in [5.41, 5.74) is 2.07.